The smallest absolute Gasteiger partial charge is 0.173 e. The van der Waals surface area contributed by atoms with Crippen molar-refractivity contribution in [3.8, 4) is 17.2 Å². The third-order valence-electron chi connectivity index (χ3n) is 7.15. The van der Waals surface area contributed by atoms with Gasteiger partial charge in [0.2, 0.25) is 0 Å². The van der Waals surface area contributed by atoms with Crippen LogP contribution in [-0.2, 0) is 19.3 Å². The minimum absolute atomic E-state index is 0.0787. The third-order valence-corrected chi connectivity index (χ3v) is 8.14. The summed E-state index contributed by atoms with van der Waals surface area (Å²) in [6.45, 7) is 6.86. The Bertz CT molecular complexity index is 1300. The van der Waals surface area contributed by atoms with Gasteiger partial charge in [0, 0.05) is 11.3 Å². The summed E-state index contributed by atoms with van der Waals surface area (Å²) >= 11 is 1.39. The predicted molar refractivity (Wildman–Crippen MR) is 134 cm³/mol. The van der Waals surface area contributed by atoms with Gasteiger partial charge in [0.25, 0.3) is 0 Å². The lowest BCUT2D eigenvalue weighted by molar-refractivity contribution is 0.102. The van der Waals surface area contributed by atoms with Gasteiger partial charge in [-0.3, -0.25) is 4.79 Å². The minimum atomic E-state index is 0.0787. The van der Waals surface area contributed by atoms with E-state index in [0.717, 1.165) is 36.9 Å². The molecule has 166 valence electrons. The zero-order valence-corrected chi connectivity index (χ0v) is 20.3. The molecule has 0 aliphatic heterocycles. The normalized spacial score (nSPS) is 16.5. The fraction of sp³-hybridized carbons (Fsp3) is 0.345. The van der Waals surface area contributed by atoms with Crippen LogP contribution in [0.4, 0.5) is 0 Å². The highest BCUT2D eigenvalue weighted by molar-refractivity contribution is 8.00. The molecule has 0 saturated heterocycles. The summed E-state index contributed by atoms with van der Waals surface area (Å²) in [4.78, 5) is 17.8. The molecule has 0 spiro atoms. The van der Waals surface area contributed by atoms with Gasteiger partial charge < -0.3 is 0 Å². The molecule has 0 radical (unpaired) electrons. The summed E-state index contributed by atoms with van der Waals surface area (Å²) in [6.07, 6.45) is 3.91. The Labute approximate surface area is 200 Å². The van der Waals surface area contributed by atoms with Crippen LogP contribution < -0.4 is 0 Å². The molecule has 1 heterocycles. The van der Waals surface area contributed by atoms with Crippen molar-refractivity contribution in [2.24, 2.45) is 11.3 Å². The largest absolute Gasteiger partial charge is 0.293 e. The molecule has 2 aliphatic carbocycles. The molecule has 0 fully saturated rings. The maximum absolute atomic E-state index is 13.0. The molecule has 33 heavy (non-hydrogen) atoms. The lowest BCUT2D eigenvalue weighted by atomic mass is 9.71. The second-order valence-electron chi connectivity index (χ2n) is 10.3. The van der Waals surface area contributed by atoms with Crippen LogP contribution in [-0.4, -0.2) is 16.5 Å². The first-order valence-corrected chi connectivity index (χ1v) is 12.6. The number of carbonyl (C=O) groups is 1. The highest BCUT2D eigenvalue weighted by atomic mass is 32.2. The fourth-order valence-corrected chi connectivity index (χ4v) is 5.98. The van der Waals surface area contributed by atoms with E-state index >= 15 is 0 Å². The number of ketones is 1. The molecule has 3 aromatic rings. The van der Waals surface area contributed by atoms with Crippen LogP contribution in [0.1, 0.15) is 65.5 Å². The summed E-state index contributed by atoms with van der Waals surface area (Å²) in [5.74, 6) is 0.968. The number of thioether (sulfide) groups is 1. The SMILES string of the molecule is CC(C)(C)[C@@H]1CCc2nc(SCC(=O)c3ccc4c(c3)Cc3ccccc3-4)c(C#N)cc2C1. The number of carbonyl (C=O) groups excluding carboxylic acids is 1. The Balaban J connectivity index is 1.32. The molecular weight excluding hydrogens is 424 g/mol. The summed E-state index contributed by atoms with van der Waals surface area (Å²) in [7, 11) is 0. The molecule has 1 atom stereocenters. The van der Waals surface area contributed by atoms with E-state index in [2.05, 4.69) is 57.2 Å². The Morgan fingerprint density at radius 1 is 1.09 bits per heavy atom. The monoisotopic (exact) mass is 452 g/mol. The maximum Gasteiger partial charge on any atom is 0.173 e. The first kappa shape index (κ1) is 21.9. The number of hydrogen-bond acceptors (Lipinski definition) is 4. The van der Waals surface area contributed by atoms with Crippen molar-refractivity contribution in [3.63, 3.8) is 0 Å². The van der Waals surface area contributed by atoms with Crippen LogP contribution in [0.25, 0.3) is 11.1 Å². The van der Waals surface area contributed by atoms with Crippen LogP contribution in [0, 0.1) is 22.7 Å². The van der Waals surface area contributed by atoms with Crippen molar-refractivity contribution >= 4 is 17.5 Å². The van der Waals surface area contributed by atoms with Gasteiger partial charge in [0.1, 0.15) is 11.1 Å². The Kier molecular flexibility index (Phi) is 5.62. The molecule has 2 aliphatic rings. The minimum Gasteiger partial charge on any atom is -0.293 e. The summed E-state index contributed by atoms with van der Waals surface area (Å²) in [5, 5.41) is 10.4. The van der Waals surface area contributed by atoms with Gasteiger partial charge in [-0.15, -0.1) is 0 Å². The molecule has 4 heteroatoms. The van der Waals surface area contributed by atoms with E-state index in [1.165, 1.54) is 39.6 Å². The van der Waals surface area contributed by atoms with E-state index in [-0.39, 0.29) is 17.0 Å². The molecule has 0 saturated carbocycles. The van der Waals surface area contributed by atoms with Crippen molar-refractivity contribution in [3.05, 3.63) is 82.0 Å². The van der Waals surface area contributed by atoms with Gasteiger partial charge in [-0.05, 0) is 77.0 Å². The highest BCUT2D eigenvalue weighted by Gasteiger charge is 2.30. The number of nitriles is 1. The number of aryl methyl sites for hydroxylation is 1. The predicted octanol–water partition coefficient (Wildman–Crippen LogP) is 6.65. The molecule has 2 aromatic carbocycles. The zero-order valence-electron chi connectivity index (χ0n) is 19.4. The van der Waals surface area contributed by atoms with E-state index in [4.69, 9.17) is 4.98 Å². The van der Waals surface area contributed by atoms with Gasteiger partial charge in [0.05, 0.1) is 11.3 Å². The number of benzene rings is 2. The highest BCUT2D eigenvalue weighted by Crippen LogP contribution is 2.39. The third kappa shape index (κ3) is 4.23. The molecule has 0 amide bonds. The van der Waals surface area contributed by atoms with Crippen molar-refractivity contribution in [1.82, 2.24) is 4.98 Å². The zero-order chi connectivity index (χ0) is 23.2. The summed E-state index contributed by atoms with van der Waals surface area (Å²) in [5.41, 5.74) is 8.90. The van der Waals surface area contributed by atoms with E-state index < -0.39 is 0 Å². The second-order valence-corrected chi connectivity index (χ2v) is 11.2. The average Bonchev–Trinajstić information content (AvgIpc) is 3.18. The lowest BCUT2D eigenvalue weighted by Gasteiger charge is -2.34. The molecule has 1 aromatic heterocycles. The summed E-state index contributed by atoms with van der Waals surface area (Å²) < 4.78 is 0. The van der Waals surface area contributed by atoms with Crippen molar-refractivity contribution in [2.45, 2.75) is 51.5 Å². The molecule has 0 unspecified atom stereocenters. The van der Waals surface area contributed by atoms with Gasteiger partial charge in [-0.1, -0.05) is 68.9 Å². The van der Waals surface area contributed by atoms with Crippen molar-refractivity contribution in [1.29, 1.82) is 5.26 Å². The van der Waals surface area contributed by atoms with Crippen LogP contribution >= 0.6 is 11.8 Å². The van der Waals surface area contributed by atoms with Crippen LogP contribution in [0.15, 0.2) is 53.6 Å². The molecular formula is C29H28N2OS. The van der Waals surface area contributed by atoms with E-state index in [9.17, 15) is 10.1 Å². The fourth-order valence-electron chi connectivity index (χ4n) is 5.11. The molecule has 0 bridgehead atoms. The van der Waals surface area contributed by atoms with Gasteiger partial charge in [-0.2, -0.15) is 5.26 Å². The van der Waals surface area contributed by atoms with Crippen LogP contribution in [0.3, 0.4) is 0 Å². The Morgan fingerprint density at radius 3 is 2.67 bits per heavy atom. The van der Waals surface area contributed by atoms with E-state index in [1.807, 2.05) is 18.2 Å². The topological polar surface area (TPSA) is 53.8 Å². The number of fused-ring (bicyclic) bond motifs is 4. The first-order valence-electron chi connectivity index (χ1n) is 11.6. The van der Waals surface area contributed by atoms with E-state index in [1.54, 1.807) is 0 Å². The number of aromatic nitrogens is 1. The van der Waals surface area contributed by atoms with Crippen LogP contribution in [0.2, 0.25) is 0 Å². The van der Waals surface area contributed by atoms with Crippen molar-refractivity contribution in [2.75, 3.05) is 5.75 Å². The van der Waals surface area contributed by atoms with Crippen LogP contribution in [0.5, 0.6) is 0 Å². The number of pyridine rings is 1. The quantitative estimate of drug-likeness (QED) is 0.257. The van der Waals surface area contributed by atoms with Gasteiger partial charge in [0.15, 0.2) is 5.78 Å². The molecule has 3 nitrogen and oxygen atoms in total. The maximum atomic E-state index is 13.0. The molecule has 5 rings (SSSR count). The number of rotatable bonds is 4. The number of hydrogen-bond donors (Lipinski definition) is 0. The lowest BCUT2D eigenvalue weighted by Crippen LogP contribution is -2.27. The average molecular weight is 453 g/mol. The number of Topliss-reactive ketones (excluding diaryl/α,β-unsaturated/α-hetero) is 1. The number of nitrogens with zero attached hydrogens (tertiary/aromatic N) is 2. The molecule has 0 N–H and O–H groups in total. The second kappa shape index (κ2) is 8.47. The summed E-state index contributed by atoms with van der Waals surface area (Å²) in [6, 6.07) is 18.8. The first-order chi connectivity index (χ1) is 15.8. The van der Waals surface area contributed by atoms with Gasteiger partial charge in [-0.25, -0.2) is 4.98 Å². The Hall–Kier alpha value is -2.90. The van der Waals surface area contributed by atoms with E-state index in [0.29, 0.717) is 16.5 Å². The Morgan fingerprint density at radius 2 is 1.88 bits per heavy atom. The standard InChI is InChI=1S/C29H28N2OS/c1-29(2,3)23-9-11-26-21(15-23)14-22(16-30)28(31-26)33-17-27(32)19-8-10-25-20(13-19)12-18-6-4-5-7-24(18)25/h4-8,10,13-14,23H,9,11-12,15,17H2,1-3H3/t23-/m1/s1. The van der Waals surface area contributed by atoms with Gasteiger partial charge >= 0.3 is 0 Å². The van der Waals surface area contributed by atoms with Crippen molar-refractivity contribution < 1.29 is 4.79 Å².